The van der Waals surface area contributed by atoms with Gasteiger partial charge in [0.05, 0.1) is 19.1 Å². The van der Waals surface area contributed by atoms with Crippen LogP contribution in [0.5, 0.6) is 5.75 Å². The van der Waals surface area contributed by atoms with Gasteiger partial charge >= 0.3 is 0 Å². The van der Waals surface area contributed by atoms with Crippen LogP contribution in [0, 0.1) is 11.7 Å². The number of piperidine rings is 1. The molecule has 2 aliphatic rings. The Labute approximate surface area is 189 Å². The molecule has 1 saturated heterocycles. The van der Waals surface area contributed by atoms with E-state index in [-0.39, 0.29) is 17.6 Å². The average molecular weight is 442 g/mol. The Balaban J connectivity index is 1.43. The highest BCUT2D eigenvalue weighted by Gasteiger charge is 2.26. The molecule has 0 spiro atoms. The Morgan fingerprint density at radius 1 is 1.12 bits per heavy atom. The summed E-state index contributed by atoms with van der Waals surface area (Å²) < 4.78 is 24.7. The van der Waals surface area contributed by atoms with Crippen molar-refractivity contribution in [1.29, 1.82) is 0 Å². The van der Waals surface area contributed by atoms with Gasteiger partial charge in [-0.3, -0.25) is 9.69 Å². The second-order valence-electron chi connectivity index (χ2n) is 8.45. The minimum Gasteiger partial charge on any atom is -0.491 e. The van der Waals surface area contributed by atoms with Crippen molar-refractivity contribution in [1.82, 2.24) is 10.2 Å². The van der Waals surface area contributed by atoms with Gasteiger partial charge in [0.2, 0.25) is 5.91 Å². The van der Waals surface area contributed by atoms with Crippen LogP contribution in [0.25, 0.3) is 0 Å². The van der Waals surface area contributed by atoms with Crippen LogP contribution in [0.3, 0.4) is 0 Å². The molecule has 0 saturated carbocycles. The predicted octanol–water partition coefficient (Wildman–Crippen LogP) is 3.22. The fraction of sp³-hybridized carbons (Fsp3) is 0.480. The van der Waals surface area contributed by atoms with E-state index in [0.29, 0.717) is 26.4 Å². The van der Waals surface area contributed by atoms with Crippen LogP contribution < -0.4 is 15.4 Å². The minimum absolute atomic E-state index is 0.0214. The van der Waals surface area contributed by atoms with E-state index >= 15 is 0 Å². The standard InChI is InChI=1S/C25H32FN3O3/c26-22-5-3-19(4-6-22)9-10-27-23-7-8-24-21(16-23)18-29-12-1-2-20(17-29)25(30)28-11-13-31-14-15-32-24/h3-8,16,20,27H,1-2,9-15,17-18H2,(H,28,30). The summed E-state index contributed by atoms with van der Waals surface area (Å²) >= 11 is 0. The molecule has 2 aromatic carbocycles. The van der Waals surface area contributed by atoms with E-state index in [9.17, 15) is 9.18 Å². The predicted molar refractivity (Wildman–Crippen MR) is 122 cm³/mol. The number of anilines is 1. The first-order valence-corrected chi connectivity index (χ1v) is 11.5. The molecule has 2 atom stereocenters. The van der Waals surface area contributed by atoms with Gasteiger partial charge in [-0.05, 0) is 61.7 Å². The second-order valence-corrected chi connectivity index (χ2v) is 8.45. The normalized spacial score (nSPS) is 22.1. The van der Waals surface area contributed by atoms with Crippen molar-refractivity contribution >= 4 is 11.6 Å². The van der Waals surface area contributed by atoms with Crippen LogP contribution in [0.1, 0.15) is 24.0 Å². The zero-order valence-electron chi connectivity index (χ0n) is 18.4. The van der Waals surface area contributed by atoms with Gasteiger partial charge in [0.15, 0.2) is 0 Å². The molecule has 0 aromatic heterocycles. The van der Waals surface area contributed by atoms with Crippen LogP contribution >= 0.6 is 0 Å². The van der Waals surface area contributed by atoms with Crippen LogP contribution in [0.2, 0.25) is 0 Å². The number of halogens is 1. The van der Waals surface area contributed by atoms with Crippen molar-refractivity contribution in [3.8, 4) is 5.75 Å². The van der Waals surface area contributed by atoms with E-state index < -0.39 is 0 Å². The molecular weight excluding hydrogens is 409 g/mol. The number of ether oxygens (including phenoxy) is 2. The molecule has 2 N–H and O–H groups in total. The fourth-order valence-corrected chi connectivity index (χ4v) is 4.31. The van der Waals surface area contributed by atoms with Crippen LogP contribution in [-0.2, 0) is 22.5 Å². The summed E-state index contributed by atoms with van der Waals surface area (Å²) in [5.74, 6) is 0.799. The van der Waals surface area contributed by atoms with E-state index in [1.165, 1.54) is 12.1 Å². The Bertz CT molecular complexity index is 891. The Morgan fingerprint density at radius 3 is 2.88 bits per heavy atom. The smallest absolute Gasteiger partial charge is 0.224 e. The molecular formula is C25H32FN3O3. The van der Waals surface area contributed by atoms with Crippen LogP contribution in [0.15, 0.2) is 42.5 Å². The summed E-state index contributed by atoms with van der Waals surface area (Å²) in [5, 5.41) is 6.47. The van der Waals surface area contributed by atoms with Gasteiger partial charge in [0, 0.05) is 37.4 Å². The van der Waals surface area contributed by atoms with E-state index in [2.05, 4.69) is 21.6 Å². The first-order chi connectivity index (χ1) is 15.7. The molecule has 32 heavy (non-hydrogen) atoms. The highest BCUT2D eigenvalue weighted by Crippen LogP contribution is 2.27. The number of fused-ring (bicyclic) bond motifs is 3. The lowest BCUT2D eigenvalue weighted by atomic mass is 9.96. The molecule has 2 heterocycles. The monoisotopic (exact) mass is 441 g/mol. The lowest BCUT2D eigenvalue weighted by Crippen LogP contribution is -2.43. The molecule has 1 amide bonds. The maximum absolute atomic E-state index is 13.1. The van der Waals surface area contributed by atoms with E-state index in [1.807, 2.05) is 24.3 Å². The van der Waals surface area contributed by atoms with Crippen LogP contribution in [0.4, 0.5) is 10.1 Å². The molecule has 6 nitrogen and oxygen atoms in total. The first kappa shape index (κ1) is 22.6. The summed E-state index contributed by atoms with van der Waals surface area (Å²) in [6.45, 7) is 5.23. The topological polar surface area (TPSA) is 62.8 Å². The third kappa shape index (κ3) is 6.43. The van der Waals surface area contributed by atoms with Crippen molar-refractivity contribution in [2.45, 2.75) is 25.8 Å². The summed E-state index contributed by atoms with van der Waals surface area (Å²) in [5.41, 5.74) is 3.23. The summed E-state index contributed by atoms with van der Waals surface area (Å²) in [7, 11) is 0. The molecule has 2 aromatic rings. The molecule has 0 radical (unpaired) electrons. The van der Waals surface area contributed by atoms with Gasteiger partial charge in [-0.25, -0.2) is 4.39 Å². The van der Waals surface area contributed by atoms with E-state index in [1.54, 1.807) is 0 Å². The van der Waals surface area contributed by atoms with Crippen molar-refractivity contribution in [3.63, 3.8) is 0 Å². The number of nitrogens with one attached hydrogen (secondary N) is 2. The molecule has 0 aliphatic carbocycles. The number of nitrogens with zero attached hydrogens (tertiary/aromatic N) is 1. The zero-order valence-corrected chi connectivity index (χ0v) is 18.4. The minimum atomic E-state index is -0.212. The molecule has 2 bridgehead atoms. The zero-order chi connectivity index (χ0) is 22.2. The SMILES string of the molecule is O=C1NCCOCCOc2ccc(NCCc3ccc(F)cc3)cc2CN2CCCC1C2. The molecule has 2 aliphatic heterocycles. The lowest BCUT2D eigenvalue weighted by Gasteiger charge is -2.32. The van der Waals surface area contributed by atoms with Crippen molar-refractivity contribution in [3.05, 3.63) is 59.4 Å². The van der Waals surface area contributed by atoms with Crippen LogP contribution in [-0.4, -0.2) is 56.8 Å². The Morgan fingerprint density at radius 2 is 2.00 bits per heavy atom. The Hall–Kier alpha value is -2.64. The highest BCUT2D eigenvalue weighted by molar-refractivity contribution is 5.78. The molecule has 1 fully saturated rings. The average Bonchev–Trinajstić information content (AvgIpc) is 2.80. The van der Waals surface area contributed by atoms with Gasteiger partial charge in [-0.1, -0.05) is 12.1 Å². The summed E-state index contributed by atoms with van der Waals surface area (Å²) in [6, 6.07) is 12.8. The number of rotatable bonds is 4. The second kappa shape index (κ2) is 11.3. The number of carbonyl (C=O) groups is 1. The first-order valence-electron chi connectivity index (χ1n) is 11.5. The molecule has 7 heteroatoms. The quantitative estimate of drug-likeness (QED) is 0.763. The maximum atomic E-state index is 13.1. The number of carbonyl (C=O) groups excluding carboxylic acids is 1. The van der Waals surface area contributed by atoms with Gasteiger partial charge < -0.3 is 20.1 Å². The number of amides is 1. The third-order valence-corrected chi connectivity index (χ3v) is 6.02. The number of hydrogen-bond donors (Lipinski definition) is 2. The van der Waals surface area contributed by atoms with Crippen molar-refractivity contribution in [2.75, 3.05) is 51.3 Å². The van der Waals surface area contributed by atoms with Crippen molar-refractivity contribution in [2.24, 2.45) is 5.92 Å². The fourth-order valence-electron chi connectivity index (χ4n) is 4.31. The highest BCUT2D eigenvalue weighted by atomic mass is 19.1. The van der Waals surface area contributed by atoms with E-state index in [4.69, 9.17) is 9.47 Å². The van der Waals surface area contributed by atoms with Crippen molar-refractivity contribution < 1.29 is 18.7 Å². The van der Waals surface area contributed by atoms with Gasteiger partial charge in [0.25, 0.3) is 0 Å². The summed E-state index contributed by atoms with van der Waals surface area (Å²) in [4.78, 5) is 14.8. The van der Waals surface area contributed by atoms with Gasteiger partial charge in [0.1, 0.15) is 18.2 Å². The Kier molecular flexibility index (Phi) is 7.96. The summed E-state index contributed by atoms with van der Waals surface area (Å²) in [6.07, 6.45) is 2.76. The lowest BCUT2D eigenvalue weighted by molar-refractivity contribution is -0.127. The maximum Gasteiger partial charge on any atom is 0.224 e. The number of benzene rings is 2. The molecule has 4 rings (SSSR count). The van der Waals surface area contributed by atoms with E-state index in [0.717, 1.165) is 68.0 Å². The third-order valence-electron chi connectivity index (χ3n) is 6.02. The largest absolute Gasteiger partial charge is 0.491 e. The molecule has 172 valence electrons. The molecule has 2 unspecified atom stereocenters. The van der Waals surface area contributed by atoms with Gasteiger partial charge in [-0.15, -0.1) is 0 Å². The number of hydrogen-bond acceptors (Lipinski definition) is 5. The van der Waals surface area contributed by atoms with Gasteiger partial charge in [-0.2, -0.15) is 0 Å².